The molecule has 0 aromatic heterocycles. The molecule has 0 amide bonds. The molecule has 0 aliphatic rings. The average molecular weight is 169 g/mol. The summed E-state index contributed by atoms with van der Waals surface area (Å²) in [6, 6.07) is 0. The van der Waals surface area contributed by atoms with Gasteiger partial charge in [0.05, 0.1) is 0 Å². The zero-order chi connectivity index (χ0) is 7.49. The van der Waals surface area contributed by atoms with Crippen molar-refractivity contribution in [3.8, 4) is 0 Å². The third-order valence-corrected chi connectivity index (χ3v) is 1.19. The number of rotatable bonds is 2. The maximum atomic E-state index is 10.6. The Morgan fingerprint density at radius 2 is 2.00 bits per heavy atom. The fraction of sp³-hybridized carbons (Fsp3) is 0.800. The topological polar surface area (TPSA) is 66.5 Å². The van der Waals surface area contributed by atoms with Crippen LogP contribution >= 0.6 is 0 Å². The quantitative estimate of drug-likeness (QED) is 0.263. The Labute approximate surface area is 102 Å². The Balaban J connectivity index is 0. The van der Waals surface area contributed by atoms with Crippen LogP contribution in [0.1, 0.15) is 20.8 Å². The summed E-state index contributed by atoms with van der Waals surface area (Å²) in [4.78, 5) is 10.6. The van der Waals surface area contributed by atoms with Crippen LogP contribution in [-0.4, -0.2) is 11.3 Å². The predicted molar refractivity (Wildman–Crippen MR) is 31.5 cm³/mol. The first kappa shape index (κ1) is 13.3. The number of hydrogen-bond acceptors (Lipinski definition) is 3. The van der Waals surface area contributed by atoms with Crippen LogP contribution in [0.15, 0.2) is 5.11 Å². The van der Waals surface area contributed by atoms with E-state index in [1.54, 1.807) is 13.8 Å². The molecular formula is C5H10KN2O2+. The molecule has 10 heavy (non-hydrogen) atoms. The number of carbonyl (C=O) groups excluding carboxylic acids is 1. The predicted octanol–water partition coefficient (Wildman–Crippen LogP) is -3.61. The number of nitrogens with zero attached hydrogens (tertiary/aromatic N) is 1. The maximum Gasteiger partial charge on any atom is 1.00 e. The van der Waals surface area contributed by atoms with Gasteiger partial charge in [-0.1, -0.05) is 0 Å². The molecule has 0 bridgehead atoms. The third-order valence-electron chi connectivity index (χ3n) is 1.19. The molecule has 0 spiro atoms. The third kappa shape index (κ3) is 4.51. The number of ketones is 1. The van der Waals surface area contributed by atoms with Gasteiger partial charge in [0.15, 0.2) is 11.3 Å². The van der Waals surface area contributed by atoms with Gasteiger partial charge in [0, 0.05) is 0 Å². The van der Waals surface area contributed by atoms with Gasteiger partial charge < -0.3 is 5.21 Å². The summed E-state index contributed by atoms with van der Waals surface area (Å²) in [7, 11) is 0. The van der Waals surface area contributed by atoms with Gasteiger partial charge in [-0.25, -0.2) is 0 Å². The molecule has 0 saturated carbocycles. The van der Waals surface area contributed by atoms with Crippen molar-refractivity contribution in [2.75, 3.05) is 0 Å². The average Bonchev–Trinajstić information content (AvgIpc) is 1.65. The zero-order valence-corrected chi connectivity index (χ0v) is 9.89. The normalized spacial score (nSPS) is 11.1. The van der Waals surface area contributed by atoms with Crippen molar-refractivity contribution in [3.63, 3.8) is 0 Å². The van der Waals surface area contributed by atoms with E-state index >= 15 is 0 Å². The van der Waals surface area contributed by atoms with E-state index in [-0.39, 0.29) is 57.2 Å². The van der Waals surface area contributed by atoms with E-state index in [0.29, 0.717) is 0 Å². The maximum absolute atomic E-state index is 10.6. The summed E-state index contributed by atoms with van der Waals surface area (Å²) in [5, 5.41) is 14.3. The van der Waals surface area contributed by atoms with E-state index in [4.69, 9.17) is 0 Å². The Morgan fingerprint density at radius 1 is 1.60 bits per heavy atom. The SMILES string of the molecule is CC(=O)C(C)(C)N=[NH+][O-].[K+]. The fourth-order valence-corrected chi connectivity index (χ4v) is 0.193. The van der Waals surface area contributed by atoms with Gasteiger partial charge in [-0.05, 0) is 25.9 Å². The van der Waals surface area contributed by atoms with Gasteiger partial charge in [-0.3, -0.25) is 4.79 Å². The molecule has 0 fully saturated rings. The first-order chi connectivity index (χ1) is 4.00. The second-order valence-electron chi connectivity index (χ2n) is 2.32. The summed E-state index contributed by atoms with van der Waals surface area (Å²) >= 11 is 0. The van der Waals surface area contributed by atoms with Crippen molar-refractivity contribution in [2.24, 2.45) is 5.11 Å². The second-order valence-corrected chi connectivity index (χ2v) is 2.32. The minimum absolute atomic E-state index is 0. The summed E-state index contributed by atoms with van der Waals surface area (Å²) in [6.07, 6.45) is 0. The van der Waals surface area contributed by atoms with Gasteiger partial charge in [0.2, 0.25) is 0 Å². The van der Waals surface area contributed by atoms with Crippen molar-refractivity contribution < 1.29 is 61.5 Å². The molecule has 0 aromatic carbocycles. The summed E-state index contributed by atoms with van der Waals surface area (Å²) in [6.45, 7) is 4.53. The van der Waals surface area contributed by atoms with Crippen molar-refractivity contribution in [2.45, 2.75) is 26.3 Å². The van der Waals surface area contributed by atoms with E-state index in [1.165, 1.54) is 12.2 Å². The first-order valence-corrected chi connectivity index (χ1v) is 2.61. The molecule has 0 unspecified atom stereocenters. The Bertz CT molecular complexity index is 145. The molecule has 0 aliphatic heterocycles. The molecule has 0 radical (unpaired) electrons. The molecule has 0 rings (SSSR count). The van der Waals surface area contributed by atoms with Crippen LogP contribution in [0.2, 0.25) is 0 Å². The van der Waals surface area contributed by atoms with Gasteiger partial charge in [0.25, 0.3) is 0 Å². The Hall–Kier alpha value is 0.706. The largest absolute Gasteiger partial charge is 1.00 e. The summed E-state index contributed by atoms with van der Waals surface area (Å²) in [5.41, 5.74) is -0.887. The minimum atomic E-state index is -0.887. The van der Waals surface area contributed by atoms with Crippen molar-refractivity contribution in [1.29, 1.82) is 0 Å². The molecule has 0 atom stereocenters. The smallest absolute Gasteiger partial charge is 0.602 e. The molecule has 1 N–H and O–H groups in total. The van der Waals surface area contributed by atoms with Crippen LogP contribution in [0.25, 0.3) is 0 Å². The molecule has 4 nitrogen and oxygen atoms in total. The van der Waals surface area contributed by atoms with E-state index < -0.39 is 5.54 Å². The summed E-state index contributed by atoms with van der Waals surface area (Å²) in [5.74, 6) is -0.133. The van der Waals surface area contributed by atoms with Crippen molar-refractivity contribution in [1.82, 2.24) is 0 Å². The molecule has 5 heteroatoms. The van der Waals surface area contributed by atoms with Gasteiger partial charge in [0.1, 0.15) is 0 Å². The van der Waals surface area contributed by atoms with Gasteiger partial charge >= 0.3 is 51.4 Å². The standard InChI is InChI=1S/C5H10N2O2.K/c1-4(8)5(2,3)6-7-9;/h7H,1-3H3;/q;+1. The van der Waals surface area contributed by atoms with Crippen LogP contribution in [-0.2, 0) is 4.79 Å². The van der Waals surface area contributed by atoms with Crippen LogP contribution in [0.5, 0.6) is 0 Å². The first-order valence-electron chi connectivity index (χ1n) is 2.61. The zero-order valence-electron chi connectivity index (χ0n) is 6.76. The van der Waals surface area contributed by atoms with E-state index in [9.17, 15) is 10.0 Å². The van der Waals surface area contributed by atoms with Gasteiger partial charge in [-0.15, -0.1) is 5.28 Å². The minimum Gasteiger partial charge on any atom is -0.602 e. The van der Waals surface area contributed by atoms with E-state index in [0.717, 1.165) is 0 Å². The molecule has 0 heterocycles. The molecule has 0 saturated heterocycles. The van der Waals surface area contributed by atoms with E-state index in [2.05, 4.69) is 5.11 Å². The molecule has 0 aromatic rings. The molecule has 0 aliphatic carbocycles. The Morgan fingerprint density at radius 3 is 2.10 bits per heavy atom. The summed E-state index contributed by atoms with van der Waals surface area (Å²) < 4.78 is 0. The number of hydrogen-bond donors (Lipinski definition) is 1. The second kappa shape index (κ2) is 5.37. The van der Waals surface area contributed by atoms with Crippen molar-refractivity contribution in [3.05, 3.63) is 5.21 Å². The molecular weight excluding hydrogens is 159 g/mol. The monoisotopic (exact) mass is 169 g/mol. The van der Waals surface area contributed by atoms with Crippen LogP contribution in [0, 0.1) is 5.21 Å². The van der Waals surface area contributed by atoms with Crippen LogP contribution < -0.4 is 56.7 Å². The van der Waals surface area contributed by atoms with Crippen molar-refractivity contribution >= 4 is 5.78 Å². The molecule has 52 valence electrons. The van der Waals surface area contributed by atoms with Crippen LogP contribution in [0.3, 0.4) is 0 Å². The van der Waals surface area contributed by atoms with Gasteiger partial charge in [-0.2, -0.15) is 0 Å². The number of nitrogens with one attached hydrogen (secondary N) is 1. The number of carbonyl (C=O) groups is 1. The number of Topliss-reactive ketones (excluding diaryl/α,β-unsaturated/α-hetero) is 1. The van der Waals surface area contributed by atoms with E-state index in [1.807, 2.05) is 0 Å². The fourth-order valence-electron chi connectivity index (χ4n) is 0.193. The Kier molecular flexibility index (Phi) is 7.14. The van der Waals surface area contributed by atoms with Crippen LogP contribution in [0.4, 0.5) is 0 Å².